The van der Waals surface area contributed by atoms with Gasteiger partial charge in [0.05, 0.1) is 24.8 Å². The number of hydrogen-bond acceptors (Lipinski definition) is 5. The summed E-state index contributed by atoms with van der Waals surface area (Å²) in [5.74, 6) is 0.000150. The fraction of sp³-hybridized carbons (Fsp3) is 0.375. The van der Waals surface area contributed by atoms with Crippen molar-refractivity contribution in [1.82, 2.24) is 25.2 Å². The molecule has 0 unspecified atom stereocenters. The van der Waals surface area contributed by atoms with E-state index < -0.39 is 0 Å². The number of hydrogen-bond donors (Lipinski definition) is 2. The van der Waals surface area contributed by atoms with Crippen LogP contribution in [0.1, 0.15) is 24.2 Å². The second kappa shape index (κ2) is 6.31. The highest BCUT2D eigenvalue weighted by molar-refractivity contribution is 6.04. The number of carbonyl (C=O) groups excluding carboxylic acids is 2. The Morgan fingerprint density at radius 1 is 1.50 bits per heavy atom. The van der Waals surface area contributed by atoms with E-state index in [0.717, 1.165) is 0 Å². The number of ether oxygens (including phenoxy) is 1. The van der Waals surface area contributed by atoms with Gasteiger partial charge in [-0.05, 0) is 19.9 Å². The number of likely N-dealkylation sites (tertiary alicyclic amines) is 1. The molecule has 0 spiro atoms. The Labute approximate surface area is 138 Å². The monoisotopic (exact) mass is 329 g/mol. The van der Waals surface area contributed by atoms with Crippen molar-refractivity contribution in [2.45, 2.75) is 26.0 Å². The Morgan fingerprint density at radius 3 is 2.92 bits per heavy atom. The van der Waals surface area contributed by atoms with E-state index in [1.54, 1.807) is 11.1 Å². The van der Waals surface area contributed by atoms with Crippen molar-refractivity contribution in [3.05, 3.63) is 30.6 Å². The van der Waals surface area contributed by atoms with E-state index in [1.165, 1.54) is 12.3 Å². The molecule has 0 aromatic carbocycles. The Kier molecular flexibility index (Phi) is 4.20. The minimum absolute atomic E-state index is 0.0261. The smallest absolute Gasteiger partial charge is 0.255 e. The maximum atomic E-state index is 12.2. The van der Waals surface area contributed by atoms with Crippen LogP contribution in [0, 0.1) is 0 Å². The predicted molar refractivity (Wildman–Crippen MR) is 87.7 cm³/mol. The lowest BCUT2D eigenvalue weighted by Gasteiger charge is -2.37. The molecule has 126 valence electrons. The number of aromatic nitrogens is 3. The summed E-state index contributed by atoms with van der Waals surface area (Å²) in [6.07, 6.45) is 4.23. The van der Waals surface area contributed by atoms with Crippen molar-refractivity contribution in [2.24, 2.45) is 0 Å². The Hall–Kier alpha value is -2.90. The van der Waals surface area contributed by atoms with E-state index in [4.69, 9.17) is 4.74 Å². The first-order valence-corrected chi connectivity index (χ1v) is 7.71. The third-order valence-electron chi connectivity index (χ3n) is 3.64. The van der Waals surface area contributed by atoms with E-state index >= 15 is 0 Å². The quantitative estimate of drug-likeness (QED) is 0.793. The largest absolute Gasteiger partial charge is 0.469 e. The average molecular weight is 329 g/mol. The number of H-pyrrole nitrogens is 1. The molecule has 8 heteroatoms. The zero-order chi connectivity index (χ0) is 17.3. The highest BCUT2D eigenvalue weighted by atomic mass is 16.5. The van der Waals surface area contributed by atoms with Gasteiger partial charge >= 0.3 is 0 Å². The van der Waals surface area contributed by atoms with Crippen molar-refractivity contribution in [1.29, 1.82) is 0 Å². The normalized spacial score (nSPS) is 14.5. The molecule has 0 bridgehead atoms. The first kappa shape index (κ1) is 16.0. The number of fused-ring (bicyclic) bond motifs is 1. The van der Waals surface area contributed by atoms with Gasteiger partial charge in [0.15, 0.2) is 5.65 Å². The second-order valence-electron chi connectivity index (χ2n) is 5.92. The summed E-state index contributed by atoms with van der Waals surface area (Å²) in [7, 11) is 0. The van der Waals surface area contributed by atoms with Gasteiger partial charge in [0.25, 0.3) is 5.91 Å². The molecule has 0 saturated carbocycles. The van der Waals surface area contributed by atoms with Crippen LogP contribution in [0.2, 0.25) is 0 Å². The SMILES string of the molecule is C=CC(=O)N1CC(Oc2cnc3[nH]cc(C(=O)NC(C)C)c3n2)C1. The van der Waals surface area contributed by atoms with Gasteiger partial charge in [-0.25, -0.2) is 9.97 Å². The third kappa shape index (κ3) is 3.08. The molecular weight excluding hydrogens is 310 g/mol. The molecule has 8 nitrogen and oxygen atoms in total. The van der Waals surface area contributed by atoms with Crippen LogP contribution in [-0.4, -0.2) is 56.9 Å². The van der Waals surface area contributed by atoms with Gasteiger partial charge in [-0.2, -0.15) is 0 Å². The van der Waals surface area contributed by atoms with E-state index in [9.17, 15) is 9.59 Å². The molecule has 3 heterocycles. The number of amides is 2. The second-order valence-corrected chi connectivity index (χ2v) is 5.92. The van der Waals surface area contributed by atoms with Gasteiger partial charge in [0, 0.05) is 12.2 Å². The molecule has 1 fully saturated rings. The third-order valence-corrected chi connectivity index (χ3v) is 3.64. The maximum absolute atomic E-state index is 12.2. The summed E-state index contributed by atoms with van der Waals surface area (Å²) in [6.45, 7) is 8.20. The van der Waals surface area contributed by atoms with Crippen LogP contribution >= 0.6 is 0 Å². The fourth-order valence-electron chi connectivity index (χ4n) is 2.44. The van der Waals surface area contributed by atoms with Crippen molar-refractivity contribution >= 4 is 23.0 Å². The molecule has 0 atom stereocenters. The first-order valence-electron chi connectivity index (χ1n) is 7.71. The lowest BCUT2D eigenvalue weighted by Crippen LogP contribution is -2.55. The van der Waals surface area contributed by atoms with Crippen LogP contribution in [0.4, 0.5) is 0 Å². The summed E-state index contributed by atoms with van der Waals surface area (Å²) in [6, 6.07) is 0.0261. The molecule has 0 aliphatic carbocycles. The standard InChI is InChI=1S/C16H19N5O3/c1-4-13(22)21-7-10(8-21)24-12-6-18-15-14(20-12)11(5-17-15)16(23)19-9(2)3/h4-6,9-10H,1,7-8H2,2-3H3,(H,17,18)(H,19,23). The van der Waals surface area contributed by atoms with Crippen LogP contribution in [0.25, 0.3) is 11.2 Å². The molecule has 2 N–H and O–H groups in total. The van der Waals surface area contributed by atoms with E-state index in [-0.39, 0.29) is 24.0 Å². The summed E-state index contributed by atoms with van der Waals surface area (Å²) in [5, 5.41) is 2.82. The van der Waals surface area contributed by atoms with Gasteiger partial charge in [-0.1, -0.05) is 6.58 Å². The fourth-order valence-corrected chi connectivity index (χ4v) is 2.44. The molecule has 1 aliphatic rings. The van der Waals surface area contributed by atoms with Gasteiger partial charge in [0.1, 0.15) is 11.6 Å². The molecule has 0 radical (unpaired) electrons. The van der Waals surface area contributed by atoms with Gasteiger partial charge in [0.2, 0.25) is 11.8 Å². The number of aromatic amines is 1. The highest BCUT2D eigenvalue weighted by Crippen LogP contribution is 2.20. The van der Waals surface area contributed by atoms with Gasteiger partial charge in [-0.15, -0.1) is 0 Å². The first-order chi connectivity index (χ1) is 11.5. The zero-order valence-electron chi connectivity index (χ0n) is 13.6. The van der Waals surface area contributed by atoms with Gasteiger partial charge in [-0.3, -0.25) is 9.59 Å². The minimum Gasteiger partial charge on any atom is -0.469 e. The summed E-state index contributed by atoms with van der Waals surface area (Å²) < 4.78 is 5.72. The van der Waals surface area contributed by atoms with Crippen molar-refractivity contribution < 1.29 is 14.3 Å². The molecule has 24 heavy (non-hydrogen) atoms. The van der Waals surface area contributed by atoms with E-state index in [1.807, 2.05) is 13.8 Å². The minimum atomic E-state index is -0.214. The number of nitrogens with zero attached hydrogens (tertiary/aromatic N) is 3. The lowest BCUT2D eigenvalue weighted by atomic mass is 10.1. The topological polar surface area (TPSA) is 100 Å². The van der Waals surface area contributed by atoms with Crippen LogP contribution in [0.5, 0.6) is 5.88 Å². The van der Waals surface area contributed by atoms with E-state index in [0.29, 0.717) is 35.7 Å². The molecule has 1 saturated heterocycles. The Bertz CT molecular complexity index is 792. The van der Waals surface area contributed by atoms with E-state index in [2.05, 4.69) is 26.8 Å². The van der Waals surface area contributed by atoms with Crippen LogP contribution in [-0.2, 0) is 4.79 Å². The van der Waals surface area contributed by atoms with Gasteiger partial charge < -0.3 is 19.9 Å². The summed E-state index contributed by atoms with van der Waals surface area (Å²) >= 11 is 0. The van der Waals surface area contributed by atoms with Crippen LogP contribution in [0.3, 0.4) is 0 Å². The average Bonchev–Trinajstić information content (AvgIpc) is 2.92. The predicted octanol–water partition coefficient (Wildman–Crippen LogP) is 0.872. The van der Waals surface area contributed by atoms with Crippen molar-refractivity contribution in [3.63, 3.8) is 0 Å². The van der Waals surface area contributed by atoms with Crippen LogP contribution in [0.15, 0.2) is 25.0 Å². The molecule has 3 rings (SSSR count). The van der Waals surface area contributed by atoms with Crippen molar-refractivity contribution in [2.75, 3.05) is 13.1 Å². The zero-order valence-corrected chi connectivity index (χ0v) is 13.6. The lowest BCUT2D eigenvalue weighted by molar-refractivity contribution is -0.134. The van der Waals surface area contributed by atoms with Crippen molar-refractivity contribution in [3.8, 4) is 5.88 Å². The Balaban J connectivity index is 1.73. The number of rotatable bonds is 5. The summed E-state index contributed by atoms with van der Waals surface area (Å²) in [5.41, 5.74) is 1.41. The summed E-state index contributed by atoms with van der Waals surface area (Å²) in [4.78, 5) is 36.8. The molecule has 1 aliphatic heterocycles. The maximum Gasteiger partial charge on any atom is 0.255 e. The number of nitrogens with one attached hydrogen (secondary N) is 2. The highest BCUT2D eigenvalue weighted by Gasteiger charge is 2.31. The molecule has 2 aromatic heterocycles. The number of carbonyl (C=O) groups is 2. The molecular formula is C16H19N5O3. The molecule has 2 aromatic rings. The molecule has 2 amide bonds. The Morgan fingerprint density at radius 2 is 2.25 bits per heavy atom. The van der Waals surface area contributed by atoms with Crippen LogP contribution < -0.4 is 10.1 Å².